The summed E-state index contributed by atoms with van der Waals surface area (Å²) in [6.45, 7) is 0.565. The van der Waals surface area contributed by atoms with Crippen molar-refractivity contribution < 1.29 is 4.39 Å². The average molecular weight is 233 g/mol. The Bertz CT molecular complexity index is 629. The SMILES string of the molecule is Fc1ccc(Cn2ncc3cccnc32)s1. The molecule has 3 aromatic heterocycles. The molecule has 0 atom stereocenters. The van der Waals surface area contributed by atoms with Gasteiger partial charge >= 0.3 is 0 Å². The third-order valence-electron chi connectivity index (χ3n) is 2.33. The number of hydrogen-bond acceptors (Lipinski definition) is 3. The Hall–Kier alpha value is -1.75. The molecule has 0 aliphatic carbocycles. The summed E-state index contributed by atoms with van der Waals surface area (Å²) < 4.78 is 14.6. The molecule has 16 heavy (non-hydrogen) atoms. The molecule has 0 unspecified atom stereocenters. The maximum absolute atomic E-state index is 12.8. The number of aromatic nitrogens is 3. The molecule has 0 aromatic carbocycles. The van der Waals surface area contributed by atoms with E-state index in [9.17, 15) is 4.39 Å². The van der Waals surface area contributed by atoms with E-state index in [0.29, 0.717) is 6.54 Å². The zero-order chi connectivity index (χ0) is 11.0. The smallest absolute Gasteiger partial charge is 0.176 e. The second-order valence-electron chi connectivity index (χ2n) is 3.42. The van der Waals surface area contributed by atoms with Crippen LogP contribution in [-0.2, 0) is 6.54 Å². The molecule has 0 radical (unpaired) electrons. The van der Waals surface area contributed by atoms with Crippen molar-refractivity contribution in [3.05, 3.63) is 46.7 Å². The molecular weight excluding hydrogens is 225 g/mol. The second-order valence-corrected chi connectivity index (χ2v) is 4.54. The summed E-state index contributed by atoms with van der Waals surface area (Å²) in [5.74, 6) is 0. The summed E-state index contributed by atoms with van der Waals surface area (Å²) in [6.07, 6.45) is 3.50. The van der Waals surface area contributed by atoms with E-state index in [1.807, 2.05) is 12.1 Å². The number of rotatable bonds is 2. The zero-order valence-electron chi connectivity index (χ0n) is 8.30. The van der Waals surface area contributed by atoms with E-state index in [1.165, 1.54) is 6.07 Å². The first-order valence-corrected chi connectivity index (χ1v) is 5.65. The Morgan fingerprint density at radius 3 is 3.06 bits per heavy atom. The van der Waals surface area contributed by atoms with Crippen LogP contribution >= 0.6 is 11.3 Å². The minimum absolute atomic E-state index is 0.167. The highest BCUT2D eigenvalue weighted by atomic mass is 32.1. The second kappa shape index (κ2) is 3.68. The minimum Gasteiger partial charge on any atom is -0.242 e. The molecule has 5 heteroatoms. The lowest BCUT2D eigenvalue weighted by Gasteiger charge is -1.99. The number of pyridine rings is 1. The first-order chi connectivity index (χ1) is 7.83. The number of halogens is 1. The van der Waals surface area contributed by atoms with Gasteiger partial charge in [-0.15, -0.1) is 11.3 Å². The van der Waals surface area contributed by atoms with E-state index in [0.717, 1.165) is 27.2 Å². The van der Waals surface area contributed by atoms with Crippen molar-refractivity contribution in [2.45, 2.75) is 6.54 Å². The lowest BCUT2D eigenvalue weighted by atomic mass is 10.3. The van der Waals surface area contributed by atoms with Gasteiger partial charge in [-0.1, -0.05) is 0 Å². The average Bonchev–Trinajstić information content (AvgIpc) is 2.87. The third-order valence-corrected chi connectivity index (χ3v) is 3.19. The Labute approximate surface area is 95.2 Å². The van der Waals surface area contributed by atoms with Gasteiger partial charge in [0.15, 0.2) is 10.8 Å². The number of thiophene rings is 1. The van der Waals surface area contributed by atoms with Crippen LogP contribution in [0.3, 0.4) is 0 Å². The van der Waals surface area contributed by atoms with E-state index in [-0.39, 0.29) is 5.13 Å². The first kappa shape index (κ1) is 9.47. The van der Waals surface area contributed by atoms with Gasteiger partial charge in [-0.05, 0) is 24.3 Å². The Kier molecular flexibility index (Phi) is 2.18. The monoisotopic (exact) mass is 233 g/mol. The molecule has 0 N–H and O–H groups in total. The van der Waals surface area contributed by atoms with E-state index in [1.54, 1.807) is 23.1 Å². The highest BCUT2D eigenvalue weighted by molar-refractivity contribution is 7.10. The largest absolute Gasteiger partial charge is 0.242 e. The van der Waals surface area contributed by atoms with Gasteiger partial charge in [0.25, 0.3) is 0 Å². The molecule has 0 amide bonds. The van der Waals surface area contributed by atoms with Crippen molar-refractivity contribution in [2.75, 3.05) is 0 Å². The van der Waals surface area contributed by atoms with E-state index < -0.39 is 0 Å². The van der Waals surface area contributed by atoms with Crippen LogP contribution in [0.25, 0.3) is 11.0 Å². The number of fused-ring (bicyclic) bond motifs is 1. The van der Waals surface area contributed by atoms with Crippen LogP contribution in [0.2, 0.25) is 0 Å². The van der Waals surface area contributed by atoms with Gasteiger partial charge in [0.2, 0.25) is 0 Å². The summed E-state index contributed by atoms with van der Waals surface area (Å²) in [5.41, 5.74) is 0.830. The molecule has 0 aliphatic rings. The van der Waals surface area contributed by atoms with Crippen LogP contribution in [-0.4, -0.2) is 14.8 Å². The lowest BCUT2D eigenvalue weighted by molar-refractivity contribution is 0.657. The fourth-order valence-electron chi connectivity index (χ4n) is 1.61. The van der Waals surface area contributed by atoms with Crippen LogP contribution in [0, 0.1) is 5.13 Å². The summed E-state index contributed by atoms with van der Waals surface area (Å²) >= 11 is 1.14. The van der Waals surface area contributed by atoms with E-state index in [4.69, 9.17) is 0 Å². The fourth-order valence-corrected chi connectivity index (χ4v) is 2.32. The molecule has 3 heterocycles. The Morgan fingerprint density at radius 1 is 1.31 bits per heavy atom. The molecule has 80 valence electrons. The van der Waals surface area contributed by atoms with E-state index >= 15 is 0 Å². The lowest BCUT2D eigenvalue weighted by Crippen LogP contribution is -2.00. The predicted molar refractivity (Wildman–Crippen MR) is 60.9 cm³/mol. The summed E-state index contributed by atoms with van der Waals surface area (Å²) in [7, 11) is 0. The van der Waals surface area contributed by atoms with Crippen molar-refractivity contribution in [1.82, 2.24) is 14.8 Å². The van der Waals surface area contributed by atoms with E-state index in [2.05, 4.69) is 10.1 Å². The molecule has 0 aliphatic heterocycles. The van der Waals surface area contributed by atoms with Crippen molar-refractivity contribution >= 4 is 22.4 Å². The Morgan fingerprint density at radius 2 is 2.25 bits per heavy atom. The van der Waals surface area contributed by atoms with Gasteiger partial charge in [-0.3, -0.25) is 0 Å². The predicted octanol–water partition coefficient (Wildman–Crippen LogP) is 2.68. The highest BCUT2D eigenvalue weighted by Gasteiger charge is 2.05. The van der Waals surface area contributed by atoms with Gasteiger partial charge in [0.05, 0.1) is 12.7 Å². The Balaban J connectivity index is 2.00. The van der Waals surface area contributed by atoms with Gasteiger partial charge in [-0.25, -0.2) is 9.67 Å². The van der Waals surface area contributed by atoms with Crippen LogP contribution in [0.15, 0.2) is 36.7 Å². The molecule has 3 aromatic rings. The molecule has 0 fully saturated rings. The van der Waals surface area contributed by atoms with Gasteiger partial charge in [0, 0.05) is 16.5 Å². The molecule has 3 rings (SSSR count). The maximum Gasteiger partial charge on any atom is 0.176 e. The summed E-state index contributed by atoms with van der Waals surface area (Å²) in [5, 5.41) is 5.07. The standard InChI is InChI=1S/C11H8FN3S/c12-10-4-3-9(16-10)7-15-11-8(6-14-15)2-1-5-13-11/h1-6H,7H2. The maximum atomic E-state index is 12.8. The van der Waals surface area contributed by atoms with Crippen LogP contribution in [0.1, 0.15) is 4.88 Å². The zero-order valence-corrected chi connectivity index (χ0v) is 9.12. The molecule has 0 saturated carbocycles. The number of hydrogen-bond donors (Lipinski definition) is 0. The fraction of sp³-hybridized carbons (Fsp3) is 0.0909. The summed E-state index contributed by atoms with van der Waals surface area (Å²) in [4.78, 5) is 5.19. The quantitative estimate of drug-likeness (QED) is 0.681. The van der Waals surface area contributed by atoms with Crippen molar-refractivity contribution in [1.29, 1.82) is 0 Å². The minimum atomic E-state index is -0.167. The normalized spacial score (nSPS) is 11.1. The van der Waals surface area contributed by atoms with Crippen molar-refractivity contribution in [3.8, 4) is 0 Å². The van der Waals surface area contributed by atoms with Gasteiger partial charge in [0.1, 0.15) is 0 Å². The van der Waals surface area contributed by atoms with Crippen molar-refractivity contribution in [2.24, 2.45) is 0 Å². The number of nitrogens with zero attached hydrogens (tertiary/aromatic N) is 3. The van der Waals surface area contributed by atoms with Crippen LogP contribution in [0.5, 0.6) is 0 Å². The first-order valence-electron chi connectivity index (χ1n) is 4.84. The highest BCUT2D eigenvalue weighted by Crippen LogP contribution is 2.17. The van der Waals surface area contributed by atoms with Gasteiger partial charge < -0.3 is 0 Å². The molecular formula is C11H8FN3S. The van der Waals surface area contributed by atoms with Gasteiger partial charge in [-0.2, -0.15) is 9.49 Å². The third kappa shape index (κ3) is 1.59. The van der Waals surface area contributed by atoms with Crippen molar-refractivity contribution in [3.63, 3.8) is 0 Å². The molecule has 0 spiro atoms. The molecule has 0 bridgehead atoms. The molecule has 3 nitrogen and oxygen atoms in total. The van der Waals surface area contributed by atoms with Crippen LogP contribution in [0.4, 0.5) is 4.39 Å². The topological polar surface area (TPSA) is 30.7 Å². The molecule has 0 saturated heterocycles. The summed E-state index contributed by atoms with van der Waals surface area (Å²) in [6, 6.07) is 7.08. The van der Waals surface area contributed by atoms with Crippen LogP contribution < -0.4 is 0 Å².